The highest BCUT2D eigenvalue weighted by molar-refractivity contribution is 5.86. The van der Waals surface area contributed by atoms with Crippen molar-refractivity contribution in [2.45, 2.75) is 34.6 Å². The minimum Gasteiger partial charge on any atom is -0.377 e. The molecule has 0 saturated heterocycles. The third-order valence-corrected chi connectivity index (χ3v) is 2.75. The van der Waals surface area contributed by atoms with Gasteiger partial charge in [-0.2, -0.15) is 0 Å². The number of ether oxygens (including phenoxy) is 1. The summed E-state index contributed by atoms with van der Waals surface area (Å²) in [6.45, 7) is 11.8. The van der Waals surface area contributed by atoms with Crippen molar-refractivity contribution in [3.05, 3.63) is 34.4 Å². The highest BCUT2D eigenvalue weighted by atomic mass is 16.5. The molecule has 0 aliphatic rings. The minimum atomic E-state index is 0.694. The molecule has 0 radical (unpaired) electrons. The molecular weight excluding hydrogens is 210 g/mol. The predicted octanol–water partition coefficient (Wildman–Crippen LogP) is 3.95. The van der Waals surface area contributed by atoms with Crippen LogP contribution in [-0.4, -0.2) is 26.5 Å². The van der Waals surface area contributed by atoms with E-state index in [9.17, 15) is 0 Å². The fraction of sp³-hybridized carbons (Fsp3) is 0.533. The van der Waals surface area contributed by atoms with Crippen LogP contribution < -0.4 is 0 Å². The van der Waals surface area contributed by atoms with Gasteiger partial charge in [0.2, 0.25) is 0 Å². The van der Waals surface area contributed by atoms with E-state index in [0.717, 1.165) is 12.2 Å². The SMILES string of the molecule is C/C=C(\C=N/C)C(=C/C)/C(C)=C(/C)COCC. The molecule has 96 valence electrons. The van der Waals surface area contributed by atoms with E-state index in [4.69, 9.17) is 4.74 Å². The van der Waals surface area contributed by atoms with Crippen LogP contribution in [0.2, 0.25) is 0 Å². The Hall–Kier alpha value is -1.15. The van der Waals surface area contributed by atoms with Gasteiger partial charge in [0, 0.05) is 19.9 Å². The molecule has 0 bridgehead atoms. The van der Waals surface area contributed by atoms with Crippen molar-refractivity contribution in [3.8, 4) is 0 Å². The van der Waals surface area contributed by atoms with Crippen molar-refractivity contribution in [1.82, 2.24) is 0 Å². The van der Waals surface area contributed by atoms with E-state index in [1.54, 1.807) is 7.05 Å². The second-order valence-electron chi connectivity index (χ2n) is 3.88. The Bertz CT molecular complexity index is 346. The van der Waals surface area contributed by atoms with Gasteiger partial charge < -0.3 is 4.74 Å². The molecule has 0 aliphatic heterocycles. The van der Waals surface area contributed by atoms with Gasteiger partial charge in [0.25, 0.3) is 0 Å². The van der Waals surface area contributed by atoms with Gasteiger partial charge >= 0.3 is 0 Å². The molecule has 0 aliphatic carbocycles. The van der Waals surface area contributed by atoms with Crippen LogP contribution in [-0.2, 0) is 4.74 Å². The van der Waals surface area contributed by atoms with Crippen molar-refractivity contribution in [2.75, 3.05) is 20.3 Å². The highest BCUT2D eigenvalue weighted by Gasteiger charge is 2.06. The quantitative estimate of drug-likeness (QED) is 0.504. The first-order valence-electron chi connectivity index (χ1n) is 6.11. The summed E-state index contributed by atoms with van der Waals surface area (Å²) in [5.74, 6) is 0. The van der Waals surface area contributed by atoms with E-state index in [2.05, 4.69) is 37.9 Å². The number of rotatable bonds is 6. The van der Waals surface area contributed by atoms with E-state index in [1.165, 1.54) is 16.7 Å². The summed E-state index contributed by atoms with van der Waals surface area (Å²) in [5, 5.41) is 0. The highest BCUT2D eigenvalue weighted by Crippen LogP contribution is 2.21. The maximum atomic E-state index is 5.45. The molecule has 0 saturated carbocycles. The normalized spacial score (nSPS) is 15.4. The lowest BCUT2D eigenvalue weighted by Crippen LogP contribution is -2.01. The zero-order valence-corrected chi connectivity index (χ0v) is 12.0. The molecule has 0 fully saturated rings. The first kappa shape index (κ1) is 15.9. The average Bonchev–Trinajstić information content (AvgIpc) is 2.35. The number of aliphatic imine (C=N–C) groups is 1. The molecular formula is C15H25NO. The van der Waals surface area contributed by atoms with E-state index >= 15 is 0 Å². The van der Waals surface area contributed by atoms with Gasteiger partial charge in [-0.3, -0.25) is 4.99 Å². The largest absolute Gasteiger partial charge is 0.377 e. The van der Waals surface area contributed by atoms with Crippen molar-refractivity contribution in [2.24, 2.45) is 4.99 Å². The fourth-order valence-electron chi connectivity index (χ4n) is 1.63. The Labute approximate surface area is 106 Å². The summed E-state index contributed by atoms with van der Waals surface area (Å²) in [5.41, 5.74) is 4.93. The van der Waals surface area contributed by atoms with Crippen molar-refractivity contribution in [3.63, 3.8) is 0 Å². The molecule has 0 heterocycles. The third-order valence-electron chi connectivity index (χ3n) is 2.75. The van der Waals surface area contributed by atoms with Crippen LogP contribution >= 0.6 is 0 Å². The Morgan fingerprint density at radius 3 is 2.24 bits per heavy atom. The van der Waals surface area contributed by atoms with E-state index in [0.29, 0.717) is 6.61 Å². The van der Waals surface area contributed by atoms with E-state index < -0.39 is 0 Å². The minimum absolute atomic E-state index is 0.694. The zero-order chi connectivity index (χ0) is 13.3. The second kappa shape index (κ2) is 8.94. The molecule has 0 aromatic heterocycles. The van der Waals surface area contributed by atoms with Crippen LogP contribution in [0.15, 0.2) is 39.4 Å². The van der Waals surface area contributed by atoms with Gasteiger partial charge in [-0.05, 0) is 56.9 Å². The first-order valence-corrected chi connectivity index (χ1v) is 6.11. The topological polar surface area (TPSA) is 21.6 Å². The monoisotopic (exact) mass is 235 g/mol. The first-order chi connectivity index (χ1) is 8.12. The zero-order valence-electron chi connectivity index (χ0n) is 12.0. The average molecular weight is 235 g/mol. The molecule has 2 nitrogen and oxygen atoms in total. The van der Waals surface area contributed by atoms with Gasteiger partial charge in [-0.1, -0.05) is 12.2 Å². The Morgan fingerprint density at radius 1 is 1.18 bits per heavy atom. The third kappa shape index (κ3) is 5.14. The van der Waals surface area contributed by atoms with E-state index in [1.807, 2.05) is 20.1 Å². The molecule has 0 atom stereocenters. The molecule has 0 amide bonds. The number of nitrogens with zero attached hydrogens (tertiary/aromatic N) is 1. The molecule has 2 heteroatoms. The van der Waals surface area contributed by atoms with Crippen LogP contribution in [0, 0.1) is 0 Å². The summed E-state index contributed by atoms with van der Waals surface area (Å²) in [6.07, 6.45) is 6.11. The summed E-state index contributed by atoms with van der Waals surface area (Å²) >= 11 is 0. The number of hydrogen-bond acceptors (Lipinski definition) is 2. The summed E-state index contributed by atoms with van der Waals surface area (Å²) in [7, 11) is 1.79. The van der Waals surface area contributed by atoms with Crippen LogP contribution in [0.5, 0.6) is 0 Å². The molecule has 0 aromatic rings. The number of hydrogen-bond donors (Lipinski definition) is 0. The van der Waals surface area contributed by atoms with Crippen molar-refractivity contribution in [1.29, 1.82) is 0 Å². The predicted molar refractivity (Wildman–Crippen MR) is 76.8 cm³/mol. The molecule has 0 unspecified atom stereocenters. The smallest absolute Gasteiger partial charge is 0.0679 e. The lowest BCUT2D eigenvalue weighted by Gasteiger charge is -2.12. The second-order valence-corrected chi connectivity index (χ2v) is 3.88. The van der Waals surface area contributed by atoms with Gasteiger partial charge in [-0.15, -0.1) is 0 Å². The summed E-state index contributed by atoms with van der Waals surface area (Å²) in [4.78, 5) is 4.09. The molecule has 0 aromatic carbocycles. The molecule has 0 rings (SSSR count). The molecule has 17 heavy (non-hydrogen) atoms. The van der Waals surface area contributed by atoms with Crippen LogP contribution in [0.25, 0.3) is 0 Å². The van der Waals surface area contributed by atoms with Gasteiger partial charge in [-0.25, -0.2) is 0 Å². The summed E-state index contributed by atoms with van der Waals surface area (Å²) < 4.78 is 5.45. The van der Waals surface area contributed by atoms with Crippen LogP contribution in [0.3, 0.4) is 0 Å². The van der Waals surface area contributed by atoms with Gasteiger partial charge in [0.15, 0.2) is 0 Å². The van der Waals surface area contributed by atoms with Crippen molar-refractivity contribution < 1.29 is 4.74 Å². The van der Waals surface area contributed by atoms with Gasteiger partial charge in [0.1, 0.15) is 0 Å². The van der Waals surface area contributed by atoms with Crippen LogP contribution in [0.4, 0.5) is 0 Å². The lowest BCUT2D eigenvalue weighted by atomic mass is 9.95. The maximum Gasteiger partial charge on any atom is 0.0679 e. The van der Waals surface area contributed by atoms with Gasteiger partial charge in [0.05, 0.1) is 6.61 Å². The lowest BCUT2D eigenvalue weighted by molar-refractivity contribution is 0.170. The Kier molecular flexibility index (Phi) is 8.34. The van der Waals surface area contributed by atoms with Crippen LogP contribution in [0.1, 0.15) is 34.6 Å². The maximum absolute atomic E-state index is 5.45. The molecule has 0 spiro atoms. The standard InChI is InChI=1S/C15H25NO/c1-7-14(10-16-6)15(8-2)13(5)12(4)11-17-9-3/h7-8,10H,9,11H2,1-6H3/b13-12-,14-7+,15-8+,16-10-. The Morgan fingerprint density at radius 2 is 1.82 bits per heavy atom. The van der Waals surface area contributed by atoms with Crippen molar-refractivity contribution >= 4 is 6.21 Å². The Balaban J connectivity index is 5.14. The van der Waals surface area contributed by atoms with E-state index in [-0.39, 0.29) is 0 Å². The fourth-order valence-corrected chi connectivity index (χ4v) is 1.63. The number of allylic oxidation sites excluding steroid dienone is 5. The molecule has 0 N–H and O–H groups in total. The summed E-state index contributed by atoms with van der Waals surface area (Å²) in [6, 6.07) is 0.